The smallest absolute Gasteiger partial charge is 0.240 e. The van der Waals surface area contributed by atoms with Gasteiger partial charge in [0.25, 0.3) is 0 Å². The molecule has 1 N–H and O–H groups in total. The fourth-order valence-corrected chi connectivity index (χ4v) is 3.22. The van der Waals surface area contributed by atoms with Gasteiger partial charge in [0.15, 0.2) is 5.78 Å². The van der Waals surface area contributed by atoms with Crippen molar-refractivity contribution in [1.82, 2.24) is 9.71 Å². The Kier molecular flexibility index (Phi) is 5.85. The van der Waals surface area contributed by atoms with Gasteiger partial charge in [-0.25, -0.2) is 13.1 Å². The van der Waals surface area contributed by atoms with Crippen LogP contribution < -0.4 is 4.72 Å². The molecule has 0 saturated heterocycles. The Labute approximate surface area is 143 Å². The van der Waals surface area contributed by atoms with E-state index in [9.17, 15) is 13.2 Å². The molecule has 0 unspecified atom stereocenters. The summed E-state index contributed by atoms with van der Waals surface area (Å²) in [6, 6.07) is 9.87. The van der Waals surface area contributed by atoms with Crippen molar-refractivity contribution >= 4 is 15.8 Å². The highest BCUT2D eigenvalue weighted by Gasteiger charge is 2.15. The van der Waals surface area contributed by atoms with Gasteiger partial charge in [0.1, 0.15) is 0 Å². The lowest BCUT2D eigenvalue weighted by Gasteiger charge is -2.08. The number of carbonyl (C=O) groups excluding carboxylic acids is 1. The first kappa shape index (κ1) is 18.3. The molecule has 0 spiro atoms. The Bertz CT molecular complexity index is 795. The molecule has 6 heteroatoms. The largest absolute Gasteiger partial charge is 0.294 e. The van der Waals surface area contributed by atoms with Gasteiger partial charge in [-0.3, -0.25) is 9.78 Å². The van der Waals surface area contributed by atoms with Gasteiger partial charge in [-0.15, -0.1) is 0 Å². The lowest BCUT2D eigenvalue weighted by Crippen LogP contribution is -2.26. The number of rotatable bonds is 7. The molecule has 0 aliphatic heterocycles. The standard InChI is InChI=1S/C18H22N2O3S/c1-13(2)18(21)16-6-8-17(9-7-16)24(22,23)20-11-10-15-5-4-14(3)19-12-15/h4-9,12-13,20H,10-11H2,1-3H3. The van der Waals surface area contributed by atoms with Crippen LogP contribution in [0.1, 0.15) is 35.5 Å². The molecule has 0 bridgehead atoms. The van der Waals surface area contributed by atoms with Gasteiger partial charge in [0.2, 0.25) is 10.0 Å². The number of pyridine rings is 1. The van der Waals surface area contributed by atoms with Gasteiger partial charge in [0.05, 0.1) is 4.90 Å². The summed E-state index contributed by atoms with van der Waals surface area (Å²) in [6.07, 6.45) is 2.31. The van der Waals surface area contributed by atoms with Crippen LogP contribution in [-0.4, -0.2) is 25.7 Å². The number of hydrogen-bond acceptors (Lipinski definition) is 4. The number of sulfonamides is 1. The maximum absolute atomic E-state index is 12.3. The number of carbonyl (C=O) groups is 1. The van der Waals surface area contributed by atoms with Crippen LogP contribution in [0.3, 0.4) is 0 Å². The molecule has 0 atom stereocenters. The molecular formula is C18H22N2O3S. The average molecular weight is 346 g/mol. The van der Waals surface area contributed by atoms with Crippen LogP contribution in [0.5, 0.6) is 0 Å². The van der Waals surface area contributed by atoms with E-state index in [4.69, 9.17) is 0 Å². The van der Waals surface area contributed by atoms with Gasteiger partial charge in [-0.1, -0.05) is 32.0 Å². The minimum absolute atomic E-state index is 0.00113. The molecular weight excluding hydrogens is 324 g/mol. The Balaban J connectivity index is 1.99. The van der Waals surface area contributed by atoms with E-state index in [1.165, 1.54) is 12.1 Å². The third kappa shape index (κ3) is 4.72. The molecule has 0 saturated carbocycles. The van der Waals surface area contributed by atoms with E-state index in [1.54, 1.807) is 18.3 Å². The number of aryl methyl sites for hydroxylation is 1. The molecule has 24 heavy (non-hydrogen) atoms. The normalized spacial score (nSPS) is 11.7. The zero-order valence-corrected chi connectivity index (χ0v) is 14.9. The monoisotopic (exact) mass is 346 g/mol. The predicted octanol–water partition coefficient (Wildman–Crippen LogP) is 2.75. The fraction of sp³-hybridized carbons (Fsp3) is 0.333. The summed E-state index contributed by atoms with van der Waals surface area (Å²) in [4.78, 5) is 16.2. The van der Waals surface area contributed by atoms with E-state index < -0.39 is 10.0 Å². The van der Waals surface area contributed by atoms with Crippen LogP contribution in [-0.2, 0) is 16.4 Å². The average Bonchev–Trinajstić information content (AvgIpc) is 2.56. The third-order valence-electron chi connectivity index (χ3n) is 3.65. The molecule has 2 rings (SSSR count). The van der Waals surface area contributed by atoms with Crippen molar-refractivity contribution in [2.45, 2.75) is 32.1 Å². The molecule has 1 aromatic heterocycles. The molecule has 0 aliphatic carbocycles. The van der Waals surface area contributed by atoms with E-state index in [1.807, 2.05) is 32.9 Å². The molecule has 0 amide bonds. The van der Waals surface area contributed by atoms with Crippen LogP contribution in [0.2, 0.25) is 0 Å². The van der Waals surface area contributed by atoms with E-state index in [0.717, 1.165) is 11.3 Å². The molecule has 1 heterocycles. The van der Waals surface area contributed by atoms with Gasteiger partial charge >= 0.3 is 0 Å². The number of Topliss-reactive ketones (excluding diaryl/α,β-unsaturated/α-hetero) is 1. The van der Waals surface area contributed by atoms with Crippen LogP contribution in [0, 0.1) is 12.8 Å². The number of hydrogen-bond donors (Lipinski definition) is 1. The highest BCUT2D eigenvalue weighted by atomic mass is 32.2. The van der Waals surface area contributed by atoms with Crippen LogP contribution >= 0.6 is 0 Å². The molecule has 128 valence electrons. The summed E-state index contributed by atoms with van der Waals surface area (Å²) < 4.78 is 27.1. The zero-order chi connectivity index (χ0) is 17.7. The third-order valence-corrected chi connectivity index (χ3v) is 5.13. The molecule has 0 radical (unpaired) electrons. The van der Waals surface area contributed by atoms with Crippen molar-refractivity contribution in [2.75, 3.05) is 6.54 Å². The van der Waals surface area contributed by atoms with E-state index in [2.05, 4.69) is 9.71 Å². The first-order chi connectivity index (χ1) is 11.3. The van der Waals surface area contributed by atoms with E-state index in [0.29, 0.717) is 18.5 Å². The van der Waals surface area contributed by atoms with Crippen LogP contribution in [0.4, 0.5) is 0 Å². The molecule has 1 aromatic carbocycles. The molecule has 0 fully saturated rings. The van der Waals surface area contributed by atoms with Crippen molar-refractivity contribution in [2.24, 2.45) is 5.92 Å². The van der Waals surface area contributed by atoms with Gasteiger partial charge in [-0.05, 0) is 37.1 Å². The quantitative estimate of drug-likeness (QED) is 0.782. The minimum Gasteiger partial charge on any atom is -0.294 e. The topological polar surface area (TPSA) is 76.1 Å². The highest BCUT2D eigenvalue weighted by molar-refractivity contribution is 7.89. The van der Waals surface area contributed by atoms with Crippen LogP contribution in [0.25, 0.3) is 0 Å². The lowest BCUT2D eigenvalue weighted by molar-refractivity contribution is 0.0939. The maximum Gasteiger partial charge on any atom is 0.240 e. The van der Waals surface area contributed by atoms with Gasteiger partial charge < -0.3 is 0 Å². The summed E-state index contributed by atoms with van der Waals surface area (Å²) >= 11 is 0. The Morgan fingerprint density at radius 1 is 1.12 bits per heavy atom. The second kappa shape index (κ2) is 7.68. The summed E-state index contributed by atoms with van der Waals surface area (Å²) in [5.74, 6) is -0.118. The predicted molar refractivity (Wildman–Crippen MR) is 93.5 cm³/mol. The highest BCUT2D eigenvalue weighted by Crippen LogP contribution is 2.14. The molecule has 5 nitrogen and oxygen atoms in total. The van der Waals surface area contributed by atoms with Gasteiger partial charge in [-0.2, -0.15) is 0 Å². The van der Waals surface area contributed by atoms with Crippen molar-refractivity contribution in [3.8, 4) is 0 Å². The zero-order valence-electron chi connectivity index (χ0n) is 14.1. The van der Waals surface area contributed by atoms with Crippen molar-refractivity contribution in [1.29, 1.82) is 0 Å². The number of ketones is 1. The number of nitrogens with zero attached hydrogens (tertiary/aromatic N) is 1. The van der Waals surface area contributed by atoms with Crippen LogP contribution in [0.15, 0.2) is 47.5 Å². The van der Waals surface area contributed by atoms with Crippen molar-refractivity contribution in [3.63, 3.8) is 0 Å². The second-order valence-corrected chi connectivity index (χ2v) is 7.77. The summed E-state index contributed by atoms with van der Waals surface area (Å²) in [5.41, 5.74) is 2.42. The SMILES string of the molecule is Cc1ccc(CCNS(=O)(=O)c2ccc(C(=O)C(C)C)cc2)cn1. The Hall–Kier alpha value is -2.05. The second-order valence-electron chi connectivity index (χ2n) is 6.00. The van der Waals surface area contributed by atoms with E-state index in [-0.39, 0.29) is 16.6 Å². The first-order valence-corrected chi connectivity index (χ1v) is 9.33. The first-order valence-electron chi connectivity index (χ1n) is 7.85. The number of aromatic nitrogens is 1. The van der Waals surface area contributed by atoms with E-state index >= 15 is 0 Å². The summed E-state index contributed by atoms with van der Waals surface area (Å²) in [6.45, 7) is 5.82. The number of benzene rings is 1. The summed E-state index contributed by atoms with van der Waals surface area (Å²) in [7, 11) is -3.58. The molecule has 2 aromatic rings. The van der Waals surface area contributed by atoms with Gasteiger partial charge in [0, 0.05) is 29.9 Å². The summed E-state index contributed by atoms with van der Waals surface area (Å²) in [5, 5.41) is 0. The minimum atomic E-state index is -3.58. The Morgan fingerprint density at radius 2 is 1.79 bits per heavy atom. The maximum atomic E-state index is 12.3. The Morgan fingerprint density at radius 3 is 2.33 bits per heavy atom. The molecule has 0 aliphatic rings. The fourth-order valence-electron chi connectivity index (χ4n) is 2.19. The van der Waals surface area contributed by atoms with Crippen molar-refractivity contribution in [3.05, 3.63) is 59.4 Å². The number of nitrogens with one attached hydrogen (secondary N) is 1. The van der Waals surface area contributed by atoms with Crippen molar-refractivity contribution < 1.29 is 13.2 Å². The lowest BCUT2D eigenvalue weighted by atomic mass is 10.0.